The number of amides is 1. The van der Waals surface area contributed by atoms with Crippen molar-refractivity contribution in [2.24, 2.45) is 0 Å². The Morgan fingerprint density at radius 2 is 1.84 bits per heavy atom. The summed E-state index contributed by atoms with van der Waals surface area (Å²) < 4.78 is 1.98. The molecule has 3 rings (SSSR count). The Kier molecular flexibility index (Phi) is 4.77. The molecular weight excluding hydrogens is 330 g/mol. The van der Waals surface area contributed by atoms with Crippen LogP contribution in [0.1, 0.15) is 37.1 Å². The molecule has 0 aliphatic heterocycles. The monoisotopic (exact) mass is 353 g/mol. The Morgan fingerprint density at radius 3 is 2.48 bits per heavy atom. The number of carbonyl (C=O) groups is 1. The smallest absolute Gasteiger partial charge is 0.263 e. The first kappa shape index (κ1) is 17.4. The molecule has 0 N–H and O–H groups in total. The number of hydrogen-bond donors (Lipinski definition) is 0. The fourth-order valence-electron chi connectivity index (χ4n) is 2.99. The van der Waals surface area contributed by atoms with E-state index < -0.39 is 0 Å². The van der Waals surface area contributed by atoms with E-state index in [-0.39, 0.29) is 5.91 Å². The quantitative estimate of drug-likeness (QED) is 0.695. The molecule has 0 unspecified atom stereocenters. The van der Waals surface area contributed by atoms with Crippen LogP contribution < -0.4 is 0 Å². The van der Waals surface area contributed by atoms with E-state index in [9.17, 15) is 4.79 Å². The summed E-state index contributed by atoms with van der Waals surface area (Å²) in [7, 11) is 1.85. The molecule has 2 aromatic heterocycles. The SMILES string of the molecule is Cc1ccc(C(=O)N(C)Cc2c(C)nn(-c3ccccc3C)c2C)s1. The van der Waals surface area contributed by atoms with Crippen molar-refractivity contribution < 1.29 is 4.79 Å². The van der Waals surface area contributed by atoms with Crippen molar-refractivity contribution >= 4 is 17.2 Å². The number of thiophene rings is 1. The van der Waals surface area contributed by atoms with E-state index in [1.807, 2.05) is 49.8 Å². The molecule has 0 spiro atoms. The fraction of sp³-hybridized carbons (Fsp3) is 0.300. The molecule has 130 valence electrons. The van der Waals surface area contributed by atoms with Gasteiger partial charge in [0.2, 0.25) is 0 Å². The highest BCUT2D eigenvalue weighted by molar-refractivity contribution is 7.13. The van der Waals surface area contributed by atoms with Crippen molar-refractivity contribution in [2.75, 3.05) is 7.05 Å². The minimum atomic E-state index is 0.0561. The van der Waals surface area contributed by atoms with Crippen molar-refractivity contribution in [1.82, 2.24) is 14.7 Å². The average Bonchev–Trinajstić information content (AvgIpc) is 3.13. The van der Waals surface area contributed by atoms with E-state index in [1.54, 1.807) is 4.90 Å². The minimum Gasteiger partial charge on any atom is -0.337 e. The zero-order chi connectivity index (χ0) is 18.1. The predicted octanol–water partition coefficient (Wildman–Crippen LogP) is 4.44. The van der Waals surface area contributed by atoms with Gasteiger partial charge in [-0.15, -0.1) is 11.3 Å². The molecule has 0 fully saturated rings. The van der Waals surface area contributed by atoms with Gasteiger partial charge in [-0.25, -0.2) is 4.68 Å². The third kappa shape index (κ3) is 3.37. The van der Waals surface area contributed by atoms with Crippen molar-refractivity contribution in [3.63, 3.8) is 0 Å². The van der Waals surface area contributed by atoms with Crippen LogP contribution in [0.5, 0.6) is 0 Å². The maximum atomic E-state index is 12.6. The molecule has 0 aliphatic carbocycles. The normalized spacial score (nSPS) is 10.9. The number of rotatable bonds is 4. The Hall–Kier alpha value is -2.40. The first-order valence-electron chi connectivity index (χ1n) is 8.31. The Morgan fingerprint density at radius 1 is 1.12 bits per heavy atom. The lowest BCUT2D eigenvalue weighted by molar-refractivity contribution is 0.0789. The second-order valence-corrected chi connectivity index (χ2v) is 7.71. The van der Waals surface area contributed by atoms with E-state index in [1.165, 1.54) is 16.9 Å². The molecule has 0 saturated carbocycles. The number of nitrogens with zero attached hydrogens (tertiary/aromatic N) is 3. The summed E-state index contributed by atoms with van der Waals surface area (Å²) in [6.07, 6.45) is 0. The second kappa shape index (κ2) is 6.84. The van der Waals surface area contributed by atoms with Crippen LogP contribution in [0, 0.1) is 27.7 Å². The number of benzene rings is 1. The second-order valence-electron chi connectivity index (χ2n) is 6.42. The largest absolute Gasteiger partial charge is 0.337 e. The van der Waals surface area contributed by atoms with Crippen LogP contribution in [0.15, 0.2) is 36.4 Å². The van der Waals surface area contributed by atoms with Crippen molar-refractivity contribution in [3.05, 3.63) is 68.7 Å². The van der Waals surface area contributed by atoms with Crippen molar-refractivity contribution in [2.45, 2.75) is 34.2 Å². The van der Waals surface area contributed by atoms with E-state index in [4.69, 9.17) is 5.10 Å². The van der Waals surface area contributed by atoms with Crippen LogP contribution >= 0.6 is 11.3 Å². The summed E-state index contributed by atoms with van der Waals surface area (Å²) in [5, 5.41) is 4.71. The van der Waals surface area contributed by atoms with E-state index in [0.29, 0.717) is 6.54 Å². The van der Waals surface area contributed by atoms with Crippen LogP contribution in [0.3, 0.4) is 0 Å². The molecule has 0 bridgehead atoms. The zero-order valence-corrected chi connectivity index (χ0v) is 16.1. The molecule has 4 nitrogen and oxygen atoms in total. The number of hydrogen-bond acceptors (Lipinski definition) is 3. The molecule has 0 saturated heterocycles. The Bertz CT molecular complexity index is 923. The lowest BCUT2D eigenvalue weighted by Crippen LogP contribution is -2.26. The molecule has 0 radical (unpaired) electrons. The standard InChI is InChI=1S/C20H23N3OS/c1-13-8-6-7-9-18(13)23-16(4)17(15(3)21-23)12-22(5)20(24)19-11-10-14(2)25-19/h6-11H,12H2,1-5H3. The maximum absolute atomic E-state index is 12.6. The number of aryl methyl sites for hydroxylation is 3. The van der Waals surface area contributed by atoms with Crippen molar-refractivity contribution in [1.29, 1.82) is 0 Å². The van der Waals surface area contributed by atoms with E-state index in [2.05, 4.69) is 26.0 Å². The first-order chi connectivity index (χ1) is 11.9. The number of para-hydroxylation sites is 1. The molecule has 1 aromatic carbocycles. The highest BCUT2D eigenvalue weighted by Crippen LogP contribution is 2.23. The van der Waals surface area contributed by atoms with E-state index in [0.717, 1.165) is 32.4 Å². The molecule has 1 amide bonds. The zero-order valence-electron chi connectivity index (χ0n) is 15.3. The third-order valence-corrected chi connectivity index (χ3v) is 5.47. The van der Waals surface area contributed by atoms with Gasteiger partial charge in [0.25, 0.3) is 5.91 Å². The number of aromatic nitrogens is 2. The van der Waals surface area contributed by atoms with Gasteiger partial charge in [-0.05, 0) is 51.5 Å². The molecule has 3 aromatic rings. The van der Waals surface area contributed by atoms with Crippen molar-refractivity contribution in [3.8, 4) is 5.69 Å². The van der Waals surface area contributed by atoms with E-state index >= 15 is 0 Å². The van der Waals surface area contributed by atoms with Gasteiger partial charge in [0.1, 0.15) is 0 Å². The summed E-state index contributed by atoms with van der Waals surface area (Å²) in [4.78, 5) is 16.3. The van der Waals surface area contributed by atoms with Crippen LogP contribution in [0.2, 0.25) is 0 Å². The summed E-state index contributed by atoms with van der Waals surface area (Å²) in [6.45, 7) is 8.72. The number of carbonyl (C=O) groups excluding carboxylic acids is 1. The summed E-state index contributed by atoms with van der Waals surface area (Å²) in [5.74, 6) is 0.0561. The van der Waals surface area contributed by atoms with Crippen LogP contribution in [-0.4, -0.2) is 27.6 Å². The molecule has 2 heterocycles. The minimum absolute atomic E-state index is 0.0561. The van der Waals surface area contributed by atoms with Gasteiger partial charge in [-0.3, -0.25) is 4.79 Å². The van der Waals surface area contributed by atoms with Gasteiger partial charge in [0.15, 0.2) is 0 Å². The summed E-state index contributed by atoms with van der Waals surface area (Å²) >= 11 is 1.54. The first-order valence-corrected chi connectivity index (χ1v) is 9.13. The Labute approximate surface area is 152 Å². The van der Waals surface area contributed by atoms with Crippen LogP contribution in [0.25, 0.3) is 5.69 Å². The topological polar surface area (TPSA) is 38.1 Å². The van der Waals surface area contributed by atoms with Gasteiger partial charge in [-0.2, -0.15) is 5.10 Å². The lowest BCUT2D eigenvalue weighted by atomic mass is 10.1. The molecule has 0 atom stereocenters. The van der Waals surface area contributed by atoms with Gasteiger partial charge in [-0.1, -0.05) is 18.2 Å². The summed E-state index contributed by atoms with van der Waals surface area (Å²) in [6, 6.07) is 12.1. The summed E-state index contributed by atoms with van der Waals surface area (Å²) in [5.41, 5.74) is 5.40. The molecule has 0 aliphatic rings. The highest BCUT2D eigenvalue weighted by atomic mass is 32.1. The lowest BCUT2D eigenvalue weighted by Gasteiger charge is -2.17. The van der Waals surface area contributed by atoms with Crippen LogP contribution in [-0.2, 0) is 6.54 Å². The molecular formula is C20H23N3OS. The highest BCUT2D eigenvalue weighted by Gasteiger charge is 2.19. The van der Waals surface area contributed by atoms with Crippen LogP contribution in [0.4, 0.5) is 0 Å². The van der Waals surface area contributed by atoms with Gasteiger partial charge in [0, 0.05) is 29.7 Å². The maximum Gasteiger partial charge on any atom is 0.263 e. The van der Waals surface area contributed by atoms with Gasteiger partial charge >= 0.3 is 0 Å². The van der Waals surface area contributed by atoms with Gasteiger partial charge < -0.3 is 4.90 Å². The molecule has 25 heavy (non-hydrogen) atoms. The fourth-order valence-corrected chi connectivity index (χ4v) is 3.85. The Balaban J connectivity index is 1.89. The third-order valence-electron chi connectivity index (χ3n) is 4.48. The average molecular weight is 353 g/mol. The predicted molar refractivity (Wildman–Crippen MR) is 103 cm³/mol. The van der Waals surface area contributed by atoms with Gasteiger partial charge in [0.05, 0.1) is 16.3 Å². The molecule has 5 heteroatoms.